The number of carbonyl (C=O) groups is 1. The Bertz CT molecular complexity index is 1230. The first-order valence-electron chi connectivity index (χ1n) is 9.65. The number of thiophene rings is 1. The summed E-state index contributed by atoms with van der Waals surface area (Å²) in [6, 6.07) is 8.44. The molecule has 30 heavy (non-hydrogen) atoms. The van der Waals surface area contributed by atoms with Gasteiger partial charge in [-0.3, -0.25) is 4.79 Å². The fourth-order valence-corrected chi connectivity index (χ4v) is 4.53. The van der Waals surface area contributed by atoms with Crippen LogP contribution in [0.5, 0.6) is 0 Å². The zero-order valence-corrected chi connectivity index (χ0v) is 17.1. The maximum Gasteiger partial charge on any atom is 0.257 e. The number of aromatic nitrogens is 4. The molecule has 0 saturated carbocycles. The molecular weight excluding hydrogens is 403 g/mol. The summed E-state index contributed by atoms with van der Waals surface area (Å²) in [6.45, 7) is 4.33. The van der Waals surface area contributed by atoms with E-state index in [1.54, 1.807) is 42.8 Å². The lowest BCUT2D eigenvalue weighted by Gasteiger charge is -2.35. The molecule has 4 aromatic rings. The third-order valence-electron chi connectivity index (χ3n) is 5.43. The number of nitrogens with zero attached hydrogens (tertiary/aromatic N) is 6. The maximum atomic E-state index is 14.1. The van der Waals surface area contributed by atoms with Crippen molar-refractivity contribution in [1.82, 2.24) is 24.6 Å². The van der Waals surface area contributed by atoms with Crippen molar-refractivity contribution < 1.29 is 9.18 Å². The molecule has 1 aromatic carbocycles. The number of para-hydroxylation sites is 1. The van der Waals surface area contributed by atoms with Crippen LogP contribution in [0.3, 0.4) is 0 Å². The summed E-state index contributed by atoms with van der Waals surface area (Å²) >= 11 is 1.59. The minimum Gasteiger partial charge on any atom is -0.352 e. The molecule has 0 bridgehead atoms. The standard InChI is InChI=1S/C21H19FN6OS/c1-14-16(12-25-28(14)18-5-3-2-4-17(18)22)21(29)27-9-7-26(8-10-27)19-15-6-11-30-20(15)24-13-23-19/h2-6,11-13H,7-10H2,1H3. The molecule has 5 rings (SSSR count). The van der Waals surface area contributed by atoms with Crippen molar-refractivity contribution in [2.24, 2.45) is 0 Å². The van der Waals surface area contributed by atoms with Gasteiger partial charge in [0.1, 0.15) is 28.5 Å². The lowest BCUT2D eigenvalue weighted by Crippen LogP contribution is -2.49. The zero-order valence-electron chi connectivity index (χ0n) is 16.3. The highest BCUT2D eigenvalue weighted by Crippen LogP contribution is 2.27. The molecule has 1 aliphatic heterocycles. The van der Waals surface area contributed by atoms with Gasteiger partial charge in [0.2, 0.25) is 0 Å². The number of hydrogen-bond acceptors (Lipinski definition) is 6. The molecule has 9 heteroatoms. The molecule has 1 fully saturated rings. The Morgan fingerprint density at radius 1 is 1.10 bits per heavy atom. The molecule has 0 spiro atoms. The van der Waals surface area contributed by atoms with Gasteiger partial charge >= 0.3 is 0 Å². The Morgan fingerprint density at radius 2 is 1.90 bits per heavy atom. The molecule has 4 heterocycles. The molecule has 0 unspecified atom stereocenters. The predicted molar refractivity (Wildman–Crippen MR) is 114 cm³/mol. The SMILES string of the molecule is Cc1c(C(=O)N2CCN(c3ncnc4sccc34)CC2)cnn1-c1ccccc1F. The average molecular weight is 422 g/mol. The number of amides is 1. The van der Waals surface area contributed by atoms with Crippen molar-refractivity contribution in [1.29, 1.82) is 0 Å². The summed E-state index contributed by atoms with van der Waals surface area (Å²) < 4.78 is 15.6. The van der Waals surface area contributed by atoms with Gasteiger partial charge in [0.05, 0.1) is 22.8 Å². The van der Waals surface area contributed by atoms with Crippen molar-refractivity contribution in [3.8, 4) is 5.69 Å². The Labute approximate surface area is 176 Å². The largest absolute Gasteiger partial charge is 0.352 e. The zero-order chi connectivity index (χ0) is 20.7. The molecule has 3 aromatic heterocycles. The molecular formula is C21H19FN6OS. The first-order chi connectivity index (χ1) is 14.6. The van der Waals surface area contributed by atoms with Crippen LogP contribution in [0.2, 0.25) is 0 Å². The number of halogens is 1. The topological polar surface area (TPSA) is 67.2 Å². The predicted octanol–water partition coefficient (Wildman–Crippen LogP) is 3.29. The molecule has 1 amide bonds. The van der Waals surface area contributed by atoms with Crippen molar-refractivity contribution in [2.75, 3.05) is 31.1 Å². The molecule has 0 N–H and O–H groups in total. The average Bonchev–Trinajstić information content (AvgIpc) is 3.40. The smallest absolute Gasteiger partial charge is 0.257 e. The highest BCUT2D eigenvalue weighted by Gasteiger charge is 2.26. The van der Waals surface area contributed by atoms with Gasteiger partial charge in [0.25, 0.3) is 5.91 Å². The van der Waals surface area contributed by atoms with Crippen molar-refractivity contribution in [3.63, 3.8) is 0 Å². The van der Waals surface area contributed by atoms with E-state index in [9.17, 15) is 9.18 Å². The van der Waals surface area contributed by atoms with Gasteiger partial charge in [0.15, 0.2) is 0 Å². The lowest BCUT2D eigenvalue weighted by atomic mass is 10.2. The van der Waals surface area contributed by atoms with E-state index in [2.05, 4.69) is 20.0 Å². The van der Waals surface area contributed by atoms with E-state index in [0.29, 0.717) is 43.1 Å². The number of rotatable bonds is 3. The maximum absolute atomic E-state index is 14.1. The number of benzene rings is 1. The summed E-state index contributed by atoms with van der Waals surface area (Å²) in [6.07, 6.45) is 3.11. The number of carbonyl (C=O) groups excluding carboxylic acids is 1. The minimum atomic E-state index is -0.374. The van der Waals surface area contributed by atoms with Crippen molar-refractivity contribution in [3.05, 3.63) is 65.3 Å². The Hall–Kier alpha value is -3.33. The number of fused-ring (bicyclic) bond motifs is 1. The van der Waals surface area contributed by atoms with Crippen LogP contribution in [0.1, 0.15) is 16.1 Å². The van der Waals surface area contributed by atoms with E-state index in [-0.39, 0.29) is 11.7 Å². The van der Waals surface area contributed by atoms with Crippen LogP contribution in [0.25, 0.3) is 15.9 Å². The van der Waals surface area contributed by atoms with E-state index in [0.717, 1.165) is 16.0 Å². The lowest BCUT2D eigenvalue weighted by molar-refractivity contribution is 0.0746. The van der Waals surface area contributed by atoms with Gasteiger partial charge in [-0.15, -0.1) is 11.3 Å². The highest BCUT2D eigenvalue weighted by molar-refractivity contribution is 7.16. The Kier molecular flexibility index (Phi) is 4.66. The summed E-state index contributed by atoms with van der Waals surface area (Å²) in [5, 5.41) is 7.31. The third-order valence-corrected chi connectivity index (χ3v) is 6.25. The Balaban J connectivity index is 1.33. The summed E-state index contributed by atoms with van der Waals surface area (Å²) in [5.41, 5.74) is 1.46. The van der Waals surface area contributed by atoms with E-state index in [1.165, 1.54) is 16.9 Å². The molecule has 0 radical (unpaired) electrons. The first kappa shape index (κ1) is 18.7. The van der Waals surface area contributed by atoms with Gasteiger partial charge in [-0.1, -0.05) is 12.1 Å². The second-order valence-corrected chi connectivity index (χ2v) is 8.02. The monoisotopic (exact) mass is 422 g/mol. The van der Waals surface area contributed by atoms with Crippen molar-refractivity contribution in [2.45, 2.75) is 6.92 Å². The fraction of sp³-hybridized carbons (Fsp3) is 0.238. The van der Waals surface area contributed by atoms with Gasteiger partial charge in [-0.2, -0.15) is 5.10 Å². The molecule has 1 saturated heterocycles. The number of anilines is 1. The molecule has 0 atom stereocenters. The van der Waals surface area contributed by atoms with E-state index >= 15 is 0 Å². The first-order valence-corrected chi connectivity index (χ1v) is 10.5. The summed E-state index contributed by atoms with van der Waals surface area (Å²) in [5.74, 6) is 0.455. The normalized spacial score (nSPS) is 14.5. The molecule has 7 nitrogen and oxygen atoms in total. The van der Waals surface area contributed by atoms with Crippen LogP contribution in [0.15, 0.2) is 48.2 Å². The molecule has 0 aliphatic carbocycles. The van der Waals surface area contributed by atoms with Gasteiger partial charge in [-0.25, -0.2) is 19.0 Å². The van der Waals surface area contributed by atoms with Crippen molar-refractivity contribution >= 4 is 33.3 Å². The van der Waals surface area contributed by atoms with Crippen LogP contribution < -0.4 is 4.90 Å². The van der Waals surface area contributed by atoms with Crippen LogP contribution >= 0.6 is 11.3 Å². The third kappa shape index (κ3) is 3.11. The quantitative estimate of drug-likeness (QED) is 0.507. The van der Waals surface area contributed by atoms with Gasteiger partial charge in [-0.05, 0) is 30.5 Å². The second-order valence-electron chi connectivity index (χ2n) is 7.12. The van der Waals surface area contributed by atoms with Crippen LogP contribution in [0, 0.1) is 12.7 Å². The fourth-order valence-electron chi connectivity index (χ4n) is 3.81. The second kappa shape index (κ2) is 7.49. The summed E-state index contributed by atoms with van der Waals surface area (Å²) in [4.78, 5) is 26.8. The number of hydrogen-bond donors (Lipinski definition) is 0. The van der Waals surface area contributed by atoms with Gasteiger partial charge < -0.3 is 9.80 Å². The summed E-state index contributed by atoms with van der Waals surface area (Å²) in [7, 11) is 0. The van der Waals surface area contributed by atoms with E-state index in [1.807, 2.05) is 16.3 Å². The van der Waals surface area contributed by atoms with Crippen LogP contribution in [-0.4, -0.2) is 56.7 Å². The minimum absolute atomic E-state index is 0.0851. The Morgan fingerprint density at radius 3 is 2.70 bits per heavy atom. The highest BCUT2D eigenvalue weighted by atomic mass is 32.1. The van der Waals surface area contributed by atoms with E-state index < -0.39 is 0 Å². The van der Waals surface area contributed by atoms with Crippen LogP contribution in [0.4, 0.5) is 10.2 Å². The molecule has 1 aliphatic rings. The molecule has 152 valence electrons. The number of piperazine rings is 1. The van der Waals surface area contributed by atoms with Crippen LogP contribution in [-0.2, 0) is 0 Å². The van der Waals surface area contributed by atoms with E-state index in [4.69, 9.17) is 0 Å². The van der Waals surface area contributed by atoms with Gasteiger partial charge in [0, 0.05) is 26.2 Å².